The maximum absolute atomic E-state index is 11.6. The Labute approximate surface area is 116 Å². The lowest BCUT2D eigenvalue weighted by Crippen LogP contribution is -2.49. The molecule has 0 radical (unpaired) electrons. The first kappa shape index (κ1) is 14.1. The van der Waals surface area contributed by atoms with E-state index in [1.54, 1.807) is 24.1 Å². The van der Waals surface area contributed by atoms with Crippen LogP contribution in [-0.2, 0) is 4.74 Å². The zero-order valence-corrected chi connectivity index (χ0v) is 11.3. The monoisotopic (exact) mass is 279 g/mol. The van der Waals surface area contributed by atoms with Crippen LogP contribution < -0.4 is 4.90 Å². The Morgan fingerprint density at radius 3 is 2.65 bits per heavy atom. The summed E-state index contributed by atoms with van der Waals surface area (Å²) in [6.07, 6.45) is 2.59. The third-order valence-electron chi connectivity index (χ3n) is 3.17. The first-order valence-corrected chi connectivity index (χ1v) is 6.47. The summed E-state index contributed by atoms with van der Waals surface area (Å²) in [6, 6.07) is 1.68. The lowest BCUT2D eigenvalue weighted by Gasteiger charge is -2.35. The average molecular weight is 279 g/mol. The Balaban J connectivity index is 2.04. The summed E-state index contributed by atoms with van der Waals surface area (Å²) < 4.78 is 4.95. The van der Waals surface area contributed by atoms with Gasteiger partial charge in [-0.1, -0.05) is 0 Å². The molecular formula is C13H17N3O4. The Hall–Kier alpha value is -2.31. The Morgan fingerprint density at radius 1 is 1.35 bits per heavy atom. The normalized spacial score (nSPS) is 15.1. The molecule has 2 heterocycles. The molecule has 0 aromatic carbocycles. The van der Waals surface area contributed by atoms with Crippen molar-refractivity contribution < 1.29 is 19.4 Å². The SMILES string of the molecule is CCOC(=O)N1CCN(c2ccncc2C(=O)O)CC1. The molecule has 0 saturated carbocycles. The van der Waals surface area contributed by atoms with E-state index in [-0.39, 0.29) is 11.7 Å². The second-order valence-corrected chi connectivity index (χ2v) is 4.37. The number of pyridine rings is 1. The van der Waals surface area contributed by atoms with Crippen molar-refractivity contribution >= 4 is 17.7 Å². The van der Waals surface area contributed by atoms with Crippen LogP contribution in [0.5, 0.6) is 0 Å². The van der Waals surface area contributed by atoms with Gasteiger partial charge in [-0.15, -0.1) is 0 Å². The maximum Gasteiger partial charge on any atom is 0.409 e. The van der Waals surface area contributed by atoms with Gasteiger partial charge in [-0.25, -0.2) is 9.59 Å². The van der Waals surface area contributed by atoms with Crippen LogP contribution in [0.25, 0.3) is 0 Å². The van der Waals surface area contributed by atoms with E-state index in [1.807, 2.05) is 4.90 Å². The van der Waals surface area contributed by atoms with Gasteiger partial charge in [0.2, 0.25) is 0 Å². The lowest BCUT2D eigenvalue weighted by atomic mass is 10.2. The quantitative estimate of drug-likeness (QED) is 0.890. The molecule has 1 aromatic heterocycles. The van der Waals surface area contributed by atoms with Crippen molar-refractivity contribution in [2.75, 3.05) is 37.7 Å². The lowest BCUT2D eigenvalue weighted by molar-refractivity contribution is 0.0696. The summed E-state index contributed by atoms with van der Waals surface area (Å²) in [6.45, 7) is 4.30. The Morgan fingerprint density at radius 2 is 2.05 bits per heavy atom. The van der Waals surface area contributed by atoms with E-state index < -0.39 is 5.97 Å². The molecule has 1 aliphatic heterocycles. The fraction of sp³-hybridized carbons (Fsp3) is 0.462. The van der Waals surface area contributed by atoms with E-state index in [0.29, 0.717) is 38.5 Å². The molecule has 2 rings (SSSR count). The number of piperazine rings is 1. The van der Waals surface area contributed by atoms with Gasteiger partial charge in [0.05, 0.1) is 12.3 Å². The number of hydrogen-bond acceptors (Lipinski definition) is 5. The minimum Gasteiger partial charge on any atom is -0.478 e. The van der Waals surface area contributed by atoms with Crippen LogP contribution in [0, 0.1) is 0 Å². The molecule has 7 nitrogen and oxygen atoms in total. The zero-order valence-electron chi connectivity index (χ0n) is 11.3. The van der Waals surface area contributed by atoms with E-state index in [4.69, 9.17) is 9.84 Å². The number of ether oxygens (including phenoxy) is 1. The highest BCUT2D eigenvalue weighted by molar-refractivity contribution is 5.94. The highest BCUT2D eigenvalue weighted by atomic mass is 16.6. The van der Waals surface area contributed by atoms with Crippen molar-refractivity contribution in [3.8, 4) is 0 Å². The van der Waals surface area contributed by atoms with Crippen LogP contribution in [0.15, 0.2) is 18.5 Å². The second-order valence-electron chi connectivity index (χ2n) is 4.37. The highest BCUT2D eigenvalue weighted by Crippen LogP contribution is 2.21. The van der Waals surface area contributed by atoms with Crippen molar-refractivity contribution in [1.82, 2.24) is 9.88 Å². The highest BCUT2D eigenvalue weighted by Gasteiger charge is 2.24. The fourth-order valence-electron chi connectivity index (χ4n) is 2.17. The molecule has 1 aromatic rings. The zero-order chi connectivity index (χ0) is 14.5. The molecule has 1 fully saturated rings. The van der Waals surface area contributed by atoms with Gasteiger partial charge in [0.25, 0.3) is 0 Å². The second kappa shape index (κ2) is 6.23. The van der Waals surface area contributed by atoms with Gasteiger partial charge in [-0.2, -0.15) is 0 Å². The molecule has 108 valence electrons. The van der Waals surface area contributed by atoms with Crippen molar-refractivity contribution in [1.29, 1.82) is 0 Å². The Bertz CT molecular complexity index is 498. The van der Waals surface area contributed by atoms with Crippen molar-refractivity contribution in [2.45, 2.75) is 6.92 Å². The van der Waals surface area contributed by atoms with Crippen molar-refractivity contribution in [3.05, 3.63) is 24.0 Å². The number of nitrogens with zero attached hydrogens (tertiary/aromatic N) is 3. The molecular weight excluding hydrogens is 262 g/mol. The summed E-state index contributed by atoms with van der Waals surface area (Å²) in [5, 5.41) is 9.16. The molecule has 0 spiro atoms. The number of aromatic nitrogens is 1. The average Bonchev–Trinajstić information content (AvgIpc) is 2.47. The number of rotatable bonds is 3. The number of amides is 1. The van der Waals surface area contributed by atoms with Crippen molar-refractivity contribution in [3.63, 3.8) is 0 Å². The van der Waals surface area contributed by atoms with E-state index in [1.165, 1.54) is 6.20 Å². The molecule has 0 unspecified atom stereocenters. The smallest absolute Gasteiger partial charge is 0.409 e. The summed E-state index contributed by atoms with van der Waals surface area (Å²) in [5.41, 5.74) is 0.813. The molecule has 7 heteroatoms. The number of carboxylic acid groups (broad SMARTS) is 1. The fourth-order valence-corrected chi connectivity index (χ4v) is 2.17. The number of carboxylic acids is 1. The first-order valence-electron chi connectivity index (χ1n) is 6.47. The minimum absolute atomic E-state index is 0.178. The number of carbonyl (C=O) groups excluding carboxylic acids is 1. The van der Waals surface area contributed by atoms with Gasteiger partial charge in [0, 0.05) is 38.6 Å². The van der Waals surface area contributed by atoms with Crippen LogP contribution in [0.3, 0.4) is 0 Å². The number of anilines is 1. The van der Waals surface area contributed by atoms with Gasteiger partial charge in [0.15, 0.2) is 0 Å². The molecule has 20 heavy (non-hydrogen) atoms. The minimum atomic E-state index is -0.999. The van der Waals surface area contributed by atoms with Crippen LogP contribution in [0.1, 0.15) is 17.3 Å². The largest absolute Gasteiger partial charge is 0.478 e. The Kier molecular flexibility index (Phi) is 4.39. The van der Waals surface area contributed by atoms with E-state index >= 15 is 0 Å². The number of aromatic carboxylic acids is 1. The van der Waals surface area contributed by atoms with Crippen LogP contribution >= 0.6 is 0 Å². The summed E-state index contributed by atoms with van der Waals surface area (Å²) in [5.74, 6) is -0.999. The van der Waals surface area contributed by atoms with Crippen molar-refractivity contribution in [2.24, 2.45) is 0 Å². The molecule has 0 bridgehead atoms. The van der Waals surface area contributed by atoms with E-state index in [0.717, 1.165) is 0 Å². The molecule has 1 saturated heterocycles. The van der Waals surface area contributed by atoms with Crippen LogP contribution in [-0.4, -0.2) is 59.8 Å². The van der Waals surface area contributed by atoms with Gasteiger partial charge in [0.1, 0.15) is 5.56 Å². The first-order chi connectivity index (χ1) is 9.63. The predicted molar refractivity (Wildman–Crippen MR) is 72.0 cm³/mol. The number of carbonyl (C=O) groups is 2. The summed E-state index contributed by atoms with van der Waals surface area (Å²) in [4.78, 5) is 30.2. The standard InChI is InChI=1S/C13H17N3O4/c1-2-20-13(19)16-7-5-15(6-8-16)11-3-4-14-9-10(11)12(17)18/h3-4,9H,2,5-8H2,1H3,(H,17,18). The topological polar surface area (TPSA) is 83.0 Å². The summed E-state index contributed by atoms with van der Waals surface area (Å²) >= 11 is 0. The van der Waals surface area contributed by atoms with E-state index in [9.17, 15) is 9.59 Å². The van der Waals surface area contributed by atoms with Gasteiger partial charge >= 0.3 is 12.1 Å². The molecule has 0 atom stereocenters. The third-order valence-corrected chi connectivity index (χ3v) is 3.17. The molecule has 0 aliphatic carbocycles. The van der Waals surface area contributed by atoms with Crippen LogP contribution in [0.4, 0.5) is 10.5 Å². The third kappa shape index (κ3) is 2.98. The van der Waals surface area contributed by atoms with Gasteiger partial charge < -0.3 is 19.6 Å². The van der Waals surface area contributed by atoms with Crippen LogP contribution in [0.2, 0.25) is 0 Å². The maximum atomic E-state index is 11.6. The number of hydrogen-bond donors (Lipinski definition) is 1. The van der Waals surface area contributed by atoms with E-state index in [2.05, 4.69) is 4.98 Å². The molecule has 1 aliphatic rings. The summed E-state index contributed by atoms with van der Waals surface area (Å²) in [7, 11) is 0. The van der Waals surface area contributed by atoms with Gasteiger partial charge in [-0.05, 0) is 13.0 Å². The van der Waals surface area contributed by atoms with Gasteiger partial charge in [-0.3, -0.25) is 4.98 Å². The molecule has 1 N–H and O–H groups in total. The molecule has 1 amide bonds. The predicted octanol–water partition coefficient (Wildman–Crippen LogP) is 1.06.